The number of hydrogen-bond donors (Lipinski definition) is 2. The van der Waals surface area contributed by atoms with E-state index in [1.54, 1.807) is 5.57 Å². The van der Waals surface area contributed by atoms with E-state index in [1.807, 2.05) is 0 Å². The number of esters is 2. The molecule has 0 amide bonds. The Balaban J connectivity index is 1.14. The first-order chi connectivity index (χ1) is 32.4. The number of aliphatic hydroxyl groups excluding tert-OH is 2. The average Bonchev–Trinajstić information content (AvgIpc) is 3.66. The van der Waals surface area contributed by atoms with Crippen LogP contribution < -0.4 is 0 Å². The lowest BCUT2D eigenvalue weighted by molar-refractivity contribution is -0.152. The van der Waals surface area contributed by atoms with E-state index in [9.17, 15) is 19.8 Å². The molecule has 2 N–H and O–H groups in total. The van der Waals surface area contributed by atoms with Gasteiger partial charge in [0, 0.05) is 45.6 Å². The Morgan fingerprint density at radius 2 is 1.27 bits per heavy atom. The molecule has 3 fully saturated rings. The lowest BCUT2D eigenvalue weighted by Crippen LogP contribution is -2.51. The van der Waals surface area contributed by atoms with Crippen LogP contribution in [-0.4, -0.2) is 96.6 Å². The molecule has 3 saturated carbocycles. The van der Waals surface area contributed by atoms with Gasteiger partial charge >= 0.3 is 11.9 Å². The number of rotatable bonds is 37. The highest BCUT2D eigenvalue weighted by Gasteiger charge is 2.59. The van der Waals surface area contributed by atoms with Crippen LogP contribution in [0.25, 0.3) is 0 Å². The second-order valence-corrected chi connectivity index (χ2v) is 23.6. The molecule has 0 aromatic carbocycles. The molecule has 4 aliphatic carbocycles. The molecule has 0 radical (unpaired) electrons. The molecule has 0 bridgehead atoms. The summed E-state index contributed by atoms with van der Waals surface area (Å²) in [6.07, 6.45) is 37.0. The summed E-state index contributed by atoms with van der Waals surface area (Å²) in [5.41, 5.74) is 2.36. The van der Waals surface area contributed by atoms with E-state index in [-0.39, 0.29) is 42.8 Å². The van der Waals surface area contributed by atoms with Crippen molar-refractivity contribution in [3.05, 3.63) is 11.6 Å². The summed E-state index contributed by atoms with van der Waals surface area (Å²) in [4.78, 5) is 30.7. The zero-order valence-corrected chi connectivity index (χ0v) is 45.0. The van der Waals surface area contributed by atoms with Gasteiger partial charge in [-0.2, -0.15) is 0 Å². The van der Waals surface area contributed by atoms with Crippen molar-refractivity contribution in [1.29, 1.82) is 0 Å². The Bertz CT molecular complexity index is 1370. The fourth-order valence-corrected chi connectivity index (χ4v) is 14.1. The molecule has 0 aromatic rings. The summed E-state index contributed by atoms with van der Waals surface area (Å²) in [5, 5.41) is 19.7. The highest BCUT2D eigenvalue weighted by Crippen LogP contribution is 2.67. The van der Waals surface area contributed by atoms with E-state index < -0.39 is 0 Å². The SMILES string of the molecule is CCCCCCCCC(CCCCCCCC)OC(=O)CCN(CCO)CCN(CCO)CCCCCC(=O)OC1CCC2(C)C(=CCC3C2CCC2(C)C(C(C)CCCC(C)C)CCC32)C1. The summed E-state index contributed by atoms with van der Waals surface area (Å²) >= 11 is 0. The van der Waals surface area contributed by atoms with Crippen molar-refractivity contribution < 1.29 is 29.3 Å². The molecule has 8 unspecified atom stereocenters. The maximum Gasteiger partial charge on any atom is 0.307 e. The van der Waals surface area contributed by atoms with Crippen molar-refractivity contribution in [1.82, 2.24) is 9.80 Å². The zero-order chi connectivity index (χ0) is 48.5. The summed E-state index contributed by atoms with van der Waals surface area (Å²) < 4.78 is 12.3. The van der Waals surface area contributed by atoms with E-state index in [2.05, 4.69) is 64.3 Å². The minimum Gasteiger partial charge on any atom is -0.462 e. The summed E-state index contributed by atoms with van der Waals surface area (Å²) in [6.45, 7) is 21.2. The number of hydrogen-bond acceptors (Lipinski definition) is 8. The predicted molar refractivity (Wildman–Crippen MR) is 279 cm³/mol. The van der Waals surface area contributed by atoms with Crippen LogP contribution in [0.15, 0.2) is 11.6 Å². The van der Waals surface area contributed by atoms with Crippen molar-refractivity contribution in [2.45, 2.75) is 253 Å². The molecule has 4 rings (SSSR count). The first kappa shape index (κ1) is 58.1. The van der Waals surface area contributed by atoms with Crippen molar-refractivity contribution in [3.63, 3.8) is 0 Å². The number of fused-ring (bicyclic) bond motifs is 5. The van der Waals surface area contributed by atoms with Crippen molar-refractivity contribution in [2.24, 2.45) is 46.3 Å². The van der Waals surface area contributed by atoms with E-state index >= 15 is 0 Å². The third kappa shape index (κ3) is 19.2. The molecule has 0 aliphatic heterocycles. The molecular weight excluding hydrogens is 833 g/mol. The van der Waals surface area contributed by atoms with Gasteiger partial charge in [-0.15, -0.1) is 0 Å². The second kappa shape index (κ2) is 31.8. The highest BCUT2D eigenvalue weighted by molar-refractivity contribution is 5.70. The van der Waals surface area contributed by atoms with E-state index in [0.717, 1.165) is 119 Å². The van der Waals surface area contributed by atoms with Gasteiger partial charge in [0.1, 0.15) is 12.2 Å². The third-order valence-corrected chi connectivity index (χ3v) is 18.2. The number of ether oxygens (including phenoxy) is 2. The van der Waals surface area contributed by atoms with E-state index in [1.165, 1.54) is 116 Å². The van der Waals surface area contributed by atoms with Gasteiger partial charge in [-0.3, -0.25) is 19.4 Å². The van der Waals surface area contributed by atoms with Crippen LogP contribution in [0.1, 0.15) is 241 Å². The maximum atomic E-state index is 13.2. The molecular formula is C59H108N2O6. The third-order valence-electron chi connectivity index (χ3n) is 18.2. The molecule has 0 aromatic heterocycles. The van der Waals surface area contributed by atoms with Gasteiger partial charge in [-0.1, -0.05) is 150 Å². The molecule has 8 heteroatoms. The Hall–Kier alpha value is -1.48. The minimum absolute atomic E-state index is 0.0103. The van der Waals surface area contributed by atoms with Crippen LogP contribution in [0, 0.1) is 46.3 Å². The number of aliphatic hydroxyl groups is 2. The molecule has 8 nitrogen and oxygen atoms in total. The fraction of sp³-hybridized carbons (Fsp3) is 0.932. The van der Waals surface area contributed by atoms with Gasteiger partial charge in [0.25, 0.3) is 0 Å². The number of unbranched alkanes of at least 4 members (excludes halogenated alkanes) is 12. The number of allylic oxidation sites excluding steroid dienone is 1. The molecule has 0 saturated heterocycles. The molecule has 67 heavy (non-hydrogen) atoms. The minimum atomic E-state index is -0.122. The average molecular weight is 942 g/mol. The molecule has 4 aliphatic rings. The first-order valence-electron chi connectivity index (χ1n) is 29.1. The monoisotopic (exact) mass is 941 g/mol. The Morgan fingerprint density at radius 3 is 1.91 bits per heavy atom. The smallest absolute Gasteiger partial charge is 0.307 e. The second-order valence-electron chi connectivity index (χ2n) is 23.6. The van der Waals surface area contributed by atoms with Gasteiger partial charge < -0.3 is 19.7 Å². The van der Waals surface area contributed by atoms with Gasteiger partial charge in [0.05, 0.1) is 19.6 Å². The molecule has 0 heterocycles. The van der Waals surface area contributed by atoms with Crippen molar-refractivity contribution in [3.8, 4) is 0 Å². The largest absolute Gasteiger partial charge is 0.462 e. The van der Waals surface area contributed by atoms with Crippen molar-refractivity contribution in [2.75, 3.05) is 52.5 Å². The predicted octanol–water partition coefficient (Wildman–Crippen LogP) is 13.9. The van der Waals surface area contributed by atoms with Crippen LogP contribution in [0.4, 0.5) is 0 Å². The van der Waals surface area contributed by atoms with Crippen LogP contribution in [-0.2, 0) is 19.1 Å². The lowest BCUT2D eigenvalue weighted by Gasteiger charge is -2.58. The van der Waals surface area contributed by atoms with Gasteiger partial charge in [-0.25, -0.2) is 0 Å². The summed E-state index contributed by atoms with van der Waals surface area (Å²) in [6, 6.07) is 0. The topological polar surface area (TPSA) is 99.5 Å². The van der Waals surface area contributed by atoms with Gasteiger partial charge in [0.15, 0.2) is 0 Å². The van der Waals surface area contributed by atoms with Gasteiger partial charge in [-0.05, 0) is 136 Å². The fourth-order valence-electron chi connectivity index (χ4n) is 14.1. The normalized spacial score (nSPS) is 26.5. The number of nitrogens with zero attached hydrogens (tertiary/aromatic N) is 2. The Labute approximate surface area is 413 Å². The van der Waals surface area contributed by atoms with Crippen LogP contribution >= 0.6 is 0 Å². The molecule has 390 valence electrons. The van der Waals surface area contributed by atoms with E-state index in [0.29, 0.717) is 37.9 Å². The van der Waals surface area contributed by atoms with Crippen LogP contribution in [0.3, 0.4) is 0 Å². The van der Waals surface area contributed by atoms with E-state index in [4.69, 9.17) is 9.47 Å². The lowest BCUT2D eigenvalue weighted by atomic mass is 9.47. The van der Waals surface area contributed by atoms with Gasteiger partial charge in [0.2, 0.25) is 0 Å². The summed E-state index contributed by atoms with van der Waals surface area (Å²) in [7, 11) is 0. The zero-order valence-electron chi connectivity index (χ0n) is 45.0. The highest BCUT2D eigenvalue weighted by atomic mass is 16.5. The molecule has 0 spiro atoms. The number of carbonyl (C=O) groups is 2. The molecule has 8 atom stereocenters. The van der Waals surface area contributed by atoms with Crippen LogP contribution in [0.2, 0.25) is 0 Å². The quantitative estimate of drug-likeness (QED) is 0.0361. The van der Waals surface area contributed by atoms with Crippen LogP contribution in [0.5, 0.6) is 0 Å². The maximum absolute atomic E-state index is 13.2. The first-order valence-corrected chi connectivity index (χ1v) is 29.1. The standard InChI is InChI=1S/C59H108N2O6/c1-8-10-12-14-16-19-26-50(27-20-17-15-13-11-9-2)66-57(65)35-39-61(43-45-63)41-40-60(42-44-62)38-22-18-21-28-56(64)67-51-33-36-58(6)49(46-51)29-30-52-54-32-31-53(48(5)25-23-24-47(3)4)59(54,7)37-34-55(52)58/h29,47-48,50-55,62-63H,8-28,30-46H2,1-7H3. The Kier molecular flexibility index (Phi) is 27.5. The summed E-state index contributed by atoms with van der Waals surface area (Å²) in [5.74, 6) is 4.84. The number of carbonyl (C=O) groups excluding carboxylic acids is 2. The Morgan fingerprint density at radius 1 is 0.642 bits per heavy atom. The van der Waals surface area contributed by atoms with Crippen molar-refractivity contribution >= 4 is 11.9 Å².